The standard InChI is InChI=1S/C16H17NO/c1-18-15-10-3-2-8-13(15)14-9-4-6-12-7-5-11-17-16(12)14/h2-4,6,8-10,17H,5,7,11H2,1H3. The number of aryl methyl sites for hydroxylation is 1. The van der Waals surface area contributed by atoms with Gasteiger partial charge in [0.15, 0.2) is 0 Å². The van der Waals surface area contributed by atoms with Crippen LogP contribution in [0.2, 0.25) is 0 Å². The molecule has 0 amide bonds. The highest BCUT2D eigenvalue weighted by molar-refractivity contribution is 5.84. The van der Waals surface area contributed by atoms with Crippen molar-refractivity contribution >= 4 is 5.69 Å². The van der Waals surface area contributed by atoms with E-state index in [9.17, 15) is 0 Å². The molecular formula is C16H17NO. The van der Waals surface area contributed by atoms with E-state index in [1.54, 1.807) is 7.11 Å². The van der Waals surface area contributed by atoms with E-state index in [1.165, 1.54) is 23.2 Å². The Morgan fingerprint density at radius 3 is 2.72 bits per heavy atom. The summed E-state index contributed by atoms with van der Waals surface area (Å²) in [5.41, 5.74) is 5.08. The second-order valence-corrected chi connectivity index (χ2v) is 4.57. The molecule has 0 unspecified atom stereocenters. The van der Waals surface area contributed by atoms with Gasteiger partial charge in [-0.3, -0.25) is 0 Å². The number of benzene rings is 2. The summed E-state index contributed by atoms with van der Waals surface area (Å²) < 4.78 is 5.46. The zero-order chi connectivity index (χ0) is 12.4. The number of hydrogen-bond donors (Lipinski definition) is 1. The molecule has 2 aromatic carbocycles. The number of hydrogen-bond acceptors (Lipinski definition) is 2. The highest BCUT2D eigenvalue weighted by atomic mass is 16.5. The van der Waals surface area contributed by atoms with Crippen molar-refractivity contribution in [3.8, 4) is 16.9 Å². The summed E-state index contributed by atoms with van der Waals surface area (Å²) in [5, 5.41) is 3.53. The summed E-state index contributed by atoms with van der Waals surface area (Å²) in [5.74, 6) is 0.929. The van der Waals surface area contributed by atoms with E-state index < -0.39 is 0 Å². The Labute approximate surface area is 108 Å². The highest BCUT2D eigenvalue weighted by Gasteiger charge is 2.15. The minimum atomic E-state index is 0.929. The normalized spacial score (nSPS) is 13.6. The van der Waals surface area contributed by atoms with Gasteiger partial charge in [-0.1, -0.05) is 36.4 Å². The summed E-state index contributed by atoms with van der Waals surface area (Å²) in [6, 6.07) is 14.7. The number of fused-ring (bicyclic) bond motifs is 1. The second kappa shape index (κ2) is 4.73. The van der Waals surface area contributed by atoms with Crippen molar-refractivity contribution in [2.45, 2.75) is 12.8 Å². The third kappa shape index (κ3) is 1.84. The molecule has 1 aliphatic heterocycles. The van der Waals surface area contributed by atoms with Crippen molar-refractivity contribution in [3.05, 3.63) is 48.0 Å². The van der Waals surface area contributed by atoms with Crippen molar-refractivity contribution < 1.29 is 4.74 Å². The molecule has 0 bridgehead atoms. The fraction of sp³-hybridized carbons (Fsp3) is 0.250. The topological polar surface area (TPSA) is 21.3 Å². The molecule has 2 nitrogen and oxygen atoms in total. The fourth-order valence-corrected chi connectivity index (χ4v) is 2.60. The van der Waals surface area contributed by atoms with Gasteiger partial charge in [-0.15, -0.1) is 0 Å². The van der Waals surface area contributed by atoms with Crippen LogP contribution in [0.1, 0.15) is 12.0 Å². The number of para-hydroxylation sites is 2. The van der Waals surface area contributed by atoms with Crippen LogP contribution >= 0.6 is 0 Å². The first-order valence-electron chi connectivity index (χ1n) is 6.39. The second-order valence-electron chi connectivity index (χ2n) is 4.57. The Morgan fingerprint density at radius 2 is 1.83 bits per heavy atom. The molecule has 0 fully saturated rings. The Hall–Kier alpha value is -1.96. The van der Waals surface area contributed by atoms with Crippen molar-refractivity contribution in [2.75, 3.05) is 19.0 Å². The Bertz CT molecular complexity index is 563. The molecule has 0 atom stereocenters. The Balaban J connectivity index is 2.17. The van der Waals surface area contributed by atoms with Gasteiger partial charge in [-0.25, -0.2) is 0 Å². The molecule has 18 heavy (non-hydrogen) atoms. The lowest BCUT2D eigenvalue weighted by molar-refractivity contribution is 0.416. The number of nitrogens with one attached hydrogen (secondary N) is 1. The zero-order valence-corrected chi connectivity index (χ0v) is 10.6. The lowest BCUT2D eigenvalue weighted by Gasteiger charge is -2.22. The SMILES string of the molecule is COc1ccccc1-c1cccc2c1NCCC2. The molecule has 0 saturated carbocycles. The predicted octanol–water partition coefficient (Wildman–Crippen LogP) is 3.72. The molecule has 0 spiro atoms. The average molecular weight is 239 g/mol. The van der Waals surface area contributed by atoms with Gasteiger partial charge in [-0.05, 0) is 24.5 Å². The van der Waals surface area contributed by atoms with Crippen molar-refractivity contribution in [1.29, 1.82) is 0 Å². The lowest BCUT2D eigenvalue weighted by Crippen LogP contribution is -2.12. The van der Waals surface area contributed by atoms with Crippen LogP contribution in [0.25, 0.3) is 11.1 Å². The van der Waals surface area contributed by atoms with Crippen LogP contribution in [0.5, 0.6) is 5.75 Å². The first-order valence-corrected chi connectivity index (χ1v) is 6.39. The molecule has 1 aliphatic rings. The molecule has 2 aromatic rings. The number of ether oxygens (including phenoxy) is 1. The van der Waals surface area contributed by atoms with E-state index in [-0.39, 0.29) is 0 Å². The molecule has 0 radical (unpaired) electrons. The summed E-state index contributed by atoms with van der Waals surface area (Å²) in [6.07, 6.45) is 2.37. The molecule has 3 rings (SSSR count). The first-order chi connectivity index (χ1) is 8.90. The van der Waals surface area contributed by atoms with Crippen molar-refractivity contribution in [3.63, 3.8) is 0 Å². The van der Waals surface area contributed by atoms with Crippen LogP contribution in [0, 0.1) is 0 Å². The average Bonchev–Trinajstić information content (AvgIpc) is 2.46. The van der Waals surface area contributed by atoms with Crippen LogP contribution < -0.4 is 10.1 Å². The maximum Gasteiger partial charge on any atom is 0.126 e. The summed E-state index contributed by atoms with van der Waals surface area (Å²) in [4.78, 5) is 0. The molecule has 92 valence electrons. The third-order valence-corrected chi connectivity index (χ3v) is 3.47. The van der Waals surface area contributed by atoms with Crippen LogP contribution in [0.15, 0.2) is 42.5 Å². The smallest absolute Gasteiger partial charge is 0.126 e. The largest absolute Gasteiger partial charge is 0.496 e. The third-order valence-electron chi connectivity index (χ3n) is 3.47. The van der Waals surface area contributed by atoms with Crippen molar-refractivity contribution in [2.24, 2.45) is 0 Å². The van der Waals surface area contributed by atoms with E-state index in [0.29, 0.717) is 0 Å². The Kier molecular flexibility index (Phi) is 2.93. The van der Waals surface area contributed by atoms with E-state index in [1.807, 2.05) is 12.1 Å². The van der Waals surface area contributed by atoms with Crippen LogP contribution in [0.3, 0.4) is 0 Å². The number of methoxy groups -OCH3 is 1. The molecule has 0 aliphatic carbocycles. The molecule has 0 aromatic heterocycles. The fourth-order valence-electron chi connectivity index (χ4n) is 2.60. The van der Waals surface area contributed by atoms with E-state index >= 15 is 0 Å². The van der Waals surface area contributed by atoms with Gasteiger partial charge >= 0.3 is 0 Å². The van der Waals surface area contributed by atoms with E-state index in [0.717, 1.165) is 24.3 Å². The molecule has 1 heterocycles. The van der Waals surface area contributed by atoms with E-state index in [2.05, 4.69) is 35.6 Å². The van der Waals surface area contributed by atoms with Crippen LogP contribution in [0.4, 0.5) is 5.69 Å². The van der Waals surface area contributed by atoms with Crippen molar-refractivity contribution in [1.82, 2.24) is 0 Å². The minimum absolute atomic E-state index is 0.929. The van der Waals surface area contributed by atoms with Gasteiger partial charge in [0, 0.05) is 23.4 Å². The van der Waals surface area contributed by atoms with Gasteiger partial charge in [0.25, 0.3) is 0 Å². The molecule has 2 heteroatoms. The van der Waals surface area contributed by atoms with Gasteiger partial charge in [0.05, 0.1) is 7.11 Å². The van der Waals surface area contributed by atoms with Crippen LogP contribution in [-0.2, 0) is 6.42 Å². The van der Waals surface area contributed by atoms with E-state index in [4.69, 9.17) is 4.74 Å². The maximum atomic E-state index is 5.46. The van der Waals surface area contributed by atoms with Gasteiger partial charge in [0.1, 0.15) is 5.75 Å². The summed E-state index contributed by atoms with van der Waals surface area (Å²) in [7, 11) is 1.72. The van der Waals surface area contributed by atoms with Gasteiger partial charge in [0.2, 0.25) is 0 Å². The molecule has 1 N–H and O–H groups in total. The Morgan fingerprint density at radius 1 is 1.00 bits per heavy atom. The summed E-state index contributed by atoms with van der Waals surface area (Å²) >= 11 is 0. The predicted molar refractivity (Wildman–Crippen MR) is 75.2 cm³/mol. The number of anilines is 1. The lowest BCUT2D eigenvalue weighted by atomic mass is 9.95. The van der Waals surface area contributed by atoms with Crippen LogP contribution in [-0.4, -0.2) is 13.7 Å². The zero-order valence-electron chi connectivity index (χ0n) is 10.6. The quantitative estimate of drug-likeness (QED) is 0.862. The number of rotatable bonds is 2. The monoisotopic (exact) mass is 239 g/mol. The highest BCUT2D eigenvalue weighted by Crippen LogP contribution is 2.38. The van der Waals surface area contributed by atoms with Gasteiger partial charge in [-0.2, -0.15) is 0 Å². The minimum Gasteiger partial charge on any atom is -0.496 e. The molecular weight excluding hydrogens is 222 g/mol. The molecule has 0 saturated heterocycles. The first kappa shape index (κ1) is 11.1. The summed E-state index contributed by atoms with van der Waals surface area (Å²) in [6.45, 7) is 1.05. The van der Waals surface area contributed by atoms with Gasteiger partial charge < -0.3 is 10.1 Å². The maximum absolute atomic E-state index is 5.46.